The van der Waals surface area contributed by atoms with E-state index in [0.717, 1.165) is 5.39 Å². The van der Waals surface area contributed by atoms with Crippen molar-refractivity contribution in [2.75, 3.05) is 0 Å². The number of aliphatic hydroxyl groups is 1. The van der Waals surface area contributed by atoms with E-state index in [-0.39, 0.29) is 36.3 Å². The molecule has 2 aromatic heterocycles. The number of para-hydroxylation sites is 1. The molecule has 1 unspecified atom stereocenters. The summed E-state index contributed by atoms with van der Waals surface area (Å²) in [6.07, 6.45) is 0.0865. The number of rotatable bonds is 1. The third kappa shape index (κ3) is 1.93. The van der Waals surface area contributed by atoms with Crippen LogP contribution >= 0.6 is 0 Å². The summed E-state index contributed by atoms with van der Waals surface area (Å²) in [6, 6.07) is 11.2. The van der Waals surface area contributed by atoms with Crippen LogP contribution in [0.15, 0.2) is 35.1 Å². The normalized spacial score (nSPS) is 19.5. The second-order valence-corrected chi connectivity index (χ2v) is 7.05. The number of carbonyl (C=O) groups is 1. The zero-order valence-corrected chi connectivity index (χ0v) is 15.0. The molecule has 4 heterocycles. The maximum absolute atomic E-state index is 13.1. The lowest BCUT2D eigenvalue weighted by molar-refractivity contribution is -0.172. The smallest absolute Gasteiger partial charge is 0.343 e. The summed E-state index contributed by atoms with van der Waals surface area (Å²) in [7, 11) is 0. The van der Waals surface area contributed by atoms with Gasteiger partial charge in [-0.3, -0.25) is 4.79 Å². The van der Waals surface area contributed by atoms with Gasteiger partial charge in [0.05, 0.1) is 34.6 Å². The fourth-order valence-corrected chi connectivity index (χ4v) is 4.16. The molecule has 0 bridgehead atoms. The second-order valence-electron chi connectivity index (χ2n) is 7.05. The molecule has 0 spiro atoms. The number of hydrogen-bond acceptors (Lipinski definition) is 6. The van der Waals surface area contributed by atoms with Gasteiger partial charge in [0.2, 0.25) is 0 Å². The molecule has 5 rings (SSSR count). The maximum atomic E-state index is 13.1. The summed E-state index contributed by atoms with van der Waals surface area (Å²) in [5.74, 6) is -0.755. The Labute approximate surface area is 159 Å². The lowest BCUT2D eigenvalue weighted by Crippen LogP contribution is -2.44. The minimum atomic E-state index is -1.86. The van der Waals surface area contributed by atoms with E-state index in [1.165, 1.54) is 4.57 Å². The Balaban J connectivity index is 1.86. The van der Waals surface area contributed by atoms with E-state index in [4.69, 9.17) is 4.74 Å². The third-order valence-electron chi connectivity index (χ3n) is 5.71. The van der Waals surface area contributed by atoms with Gasteiger partial charge in [-0.15, -0.1) is 0 Å². The molecule has 0 saturated heterocycles. The predicted molar refractivity (Wildman–Crippen MR) is 99.2 cm³/mol. The maximum Gasteiger partial charge on any atom is 0.343 e. The molecule has 3 aromatic rings. The van der Waals surface area contributed by atoms with E-state index in [9.17, 15) is 20.0 Å². The Morgan fingerprint density at radius 3 is 2.86 bits per heavy atom. The van der Waals surface area contributed by atoms with Crippen LogP contribution in [0.4, 0.5) is 0 Å². The molecule has 138 valence electrons. The second kappa shape index (κ2) is 5.50. The number of nitriles is 1. The predicted octanol–water partition coefficient (Wildman–Crippen LogP) is 1.95. The van der Waals surface area contributed by atoms with Crippen LogP contribution in [0.1, 0.15) is 35.6 Å². The zero-order chi connectivity index (χ0) is 19.6. The fraction of sp³-hybridized carbons (Fsp3) is 0.238. The van der Waals surface area contributed by atoms with Crippen molar-refractivity contribution < 1.29 is 14.6 Å². The average Bonchev–Trinajstić information content (AvgIpc) is 3.08. The Morgan fingerprint density at radius 2 is 2.11 bits per heavy atom. The summed E-state index contributed by atoms with van der Waals surface area (Å²) in [4.78, 5) is 30.0. The van der Waals surface area contributed by atoms with Gasteiger partial charge in [-0.2, -0.15) is 5.26 Å². The first-order valence-electron chi connectivity index (χ1n) is 8.98. The van der Waals surface area contributed by atoms with E-state index in [1.807, 2.05) is 24.3 Å². The van der Waals surface area contributed by atoms with Crippen LogP contribution in [0.5, 0.6) is 0 Å². The number of cyclic esters (lactones) is 1. The Morgan fingerprint density at radius 1 is 1.32 bits per heavy atom. The molecule has 7 nitrogen and oxygen atoms in total. The van der Waals surface area contributed by atoms with Gasteiger partial charge in [-0.05, 0) is 18.6 Å². The van der Waals surface area contributed by atoms with E-state index in [2.05, 4.69) is 11.1 Å². The number of hydrogen-bond donors (Lipinski definition) is 1. The van der Waals surface area contributed by atoms with Gasteiger partial charge in [0, 0.05) is 16.5 Å². The molecule has 1 N–H and O–H groups in total. The molecule has 0 fully saturated rings. The van der Waals surface area contributed by atoms with Gasteiger partial charge in [0.15, 0.2) is 5.60 Å². The SMILES string of the molecule is CCC1(O)C(=O)OCc2c1cc1n(c2=O)Cc2c-1nc1ccccc1c2C#N. The highest BCUT2D eigenvalue weighted by Gasteiger charge is 2.45. The van der Waals surface area contributed by atoms with Crippen LogP contribution in [0.2, 0.25) is 0 Å². The standard InChI is InChI=1S/C21H15N3O4/c1-2-21(27)15-7-17-18-13(9-24(17)19(25)14(15)10-28-20(21)26)12(8-22)11-5-3-4-6-16(11)23-18/h3-7,27H,2,9-10H2,1H3. The molecule has 0 aliphatic carbocycles. The lowest BCUT2D eigenvalue weighted by Gasteiger charge is -2.31. The number of carbonyl (C=O) groups excluding carboxylic acids is 1. The first kappa shape index (κ1) is 16.7. The van der Waals surface area contributed by atoms with Crippen molar-refractivity contribution in [3.63, 3.8) is 0 Å². The molecule has 1 aromatic carbocycles. The fourth-order valence-electron chi connectivity index (χ4n) is 4.16. The minimum absolute atomic E-state index is 0.0865. The minimum Gasteiger partial charge on any atom is -0.458 e. The Bertz CT molecular complexity index is 1300. The number of nitrogens with zero attached hydrogens (tertiary/aromatic N) is 3. The summed E-state index contributed by atoms with van der Waals surface area (Å²) >= 11 is 0. The van der Waals surface area contributed by atoms with Crippen LogP contribution in [-0.4, -0.2) is 20.6 Å². The number of esters is 1. The molecule has 0 saturated carbocycles. The van der Waals surface area contributed by atoms with Crippen molar-refractivity contribution in [1.29, 1.82) is 5.26 Å². The molecular formula is C21H15N3O4. The molecule has 2 aliphatic heterocycles. The molecule has 0 radical (unpaired) electrons. The number of pyridine rings is 2. The van der Waals surface area contributed by atoms with E-state index in [1.54, 1.807) is 13.0 Å². The van der Waals surface area contributed by atoms with Gasteiger partial charge >= 0.3 is 5.97 Å². The molecule has 2 aliphatic rings. The summed E-state index contributed by atoms with van der Waals surface area (Å²) in [5, 5.41) is 21.4. The van der Waals surface area contributed by atoms with Crippen molar-refractivity contribution >= 4 is 16.9 Å². The van der Waals surface area contributed by atoms with E-state index < -0.39 is 11.6 Å². The van der Waals surface area contributed by atoms with Crippen molar-refractivity contribution in [2.24, 2.45) is 0 Å². The molecule has 1 atom stereocenters. The zero-order valence-electron chi connectivity index (χ0n) is 15.0. The highest BCUT2D eigenvalue weighted by molar-refractivity contribution is 5.90. The number of fused-ring (bicyclic) bond motifs is 5. The van der Waals surface area contributed by atoms with Crippen LogP contribution in [0.3, 0.4) is 0 Å². The summed E-state index contributed by atoms with van der Waals surface area (Å²) in [6.45, 7) is 1.71. The van der Waals surface area contributed by atoms with Crippen molar-refractivity contribution in [3.8, 4) is 17.5 Å². The number of ether oxygens (including phenoxy) is 1. The summed E-state index contributed by atoms with van der Waals surface area (Å²) < 4.78 is 6.60. The first-order chi connectivity index (χ1) is 13.5. The van der Waals surface area contributed by atoms with Crippen LogP contribution in [-0.2, 0) is 28.3 Å². The van der Waals surface area contributed by atoms with Crippen molar-refractivity contribution in [2.45, 2.75) is 32.1 Å². The van der Waals surface area contributed by atoms with E-state index in [0.29, 0.717) is 28.0 Å². The quantitative estimate of drug-likeness (QED) is 0.511. The summed E-state index contributed by atoms with van der Waals surface area (Å²) in [5.41, 5.74) is 1.19. The first-order valence-corrected chi connectivity index (χ1v) is 8.98. The highest BCUT2D eigenvalue weighted by Crippen LogP contribution is 2.39. The van der Waals surface area contributed by atoms with Gasteiger partial charge in [0.1, 0.15) is 12.7 Å². The van der Waals surface area contributed by atoms with Gasteiger partial charge in [-0.25, -0.2) is 9.78 Å². The van der Waals surface area contributed by atoms with Gasteiger partial charge < -0.3 is 14.4 Å². The third-order valence-corrected chi connectivity index (χ3v) is 5.71. The van der Waals surface area contributed by atoms with E-state index >= 15 is 0 Å². The molecule has 0 amide bonds. The van der Waals surface area contributed by atoms with Crippen LogP contribution < -0.4 is 5.56 Å². The van der Waals surface area contributed by atoms with Crippen molar-refractivity contribution in [3.05, 3.63) is 62.9 Å². The highest BCUT2D eigenvalue weighted by atomic mass is 16.6. The Kier molecular flexibility index (Phi) is 3.27. The lowest BCUT2D eigenvalue weighted by atomic mass is 9.86. The molecule has 28 heavy (non-hydrogen) atoms. The topological polar surface area (TPSA) is 105 Å². The van der Waals surface area contributed by atoms with Crippen LogP contribution in [0, 0.1) is 11.3 Å². The monoisotopic (exact) mass is 373 g/mol. The van der Waals surface area contributed by atoms with Crippen LogP contribution in [0.25, 0.3) is 22.3 Å². The van der Waals surface area contributed by atoms with Gasteiger partial charge in [-0.1, -0.05) is 25.1 Å². The number of benzene rings is 1. The van der Waals surface area contributed by atoms with Crippen molar-refractivity contribution in [1.82, 2.24) is 9.55 Å². The largest absolute Gasteiger partial charge is 0.458 e. The number of aromatic nitrogens is 2. The average molecular weight is 373 g/mol. The molecule has 7 heteroatoms. The van der Waals surface area contributed by atoms with Gasteiger partial charge in [0.25, 0.3) is 5.56 Å². The molecular weight excluding hydrogens is 358 g/mol. The Hall–Kier alpha value is -3.50.